The molecule has 0 aromatic heterocycles. The van der Waals surface area contributed by atoms with Crippen LogP contribution in [0.1, 0.15) is 11.1 Å². The minimum atomic E-state index is 0.780. The number of rotatable bonds is 3. The van der Waals surface area contributed by atoms with E-state index >= 15 is 0 Å². The van der Waals surface area contributed by atoms with Crippen LogP contribution >= 0.6 is 11.8 Å². The minimum absolute atomic E-state index is 0.780. The van der Waals surface area contributed by atoms with Crippen LogP contribution in [0.5, 0.6) is 5.75 Å². The van der Waals surface area contributed by atoms with Gasteiger partial charge in [-0.05, 0) is 30.2 Å². The number of thioether (sulfide) groups is 1. The molecular weight excluding hydrogens is 218 g/mol. The van der Waals surface area contributed by atoms with Crippen LogP contribution in [0.3, 0.4) is 0 Å². The van der Waals surface area contributed by atoms with E-state index < -0.39 is 0 Å². The molecule has 3 heteroatoms. The lowest BCUT2D eigenvalue weighted by Gasteiger charge is -2.26. The average Bonchev–Trinajstić information content (AvgIpc) is 2.27. The van der Waals surface area contributed by atoms with Crippen molar-refractivity contribution in [2.45, 2.75) is 13.0 Å². The van der Waals surface area contributed by atoms with Crippen LogP contribution in [0.15, 0.2) is 18.2 Å². The molecule has 2 aliphatic heterocycles. The fraction of sp³-hybridized carbons (Fsp3) is 0.538. The third kappa shape index (κ3) is 2.06. The summed E-state index contributed by atoms with van der Waals surface area (Å²) in [5.74, 6) is 4.45. The predicted molar refractivity (Wildman–Crippen MR) is 68.2 cm³/mol. The average molecular weight is 235 g/mol. The Kier molecular flexibility index (Phi) is 3.06. The summed E-state index contributed by atoms with van der Waals surface area (Å²) >= 11 is 2.02. The van der Waals surface area contributed by atoms with Crippen LogP contribution in [0.4, 0.5) is 0 Å². The monoisotopic (exact) mass is 235 g/mol. The van der Waals surface area contributed by atoms with Gasteiger partial charge in [0.2, 0.25) is 0 Å². The molecule has 1 saturated heterocycles. The van der Waals surface area contributed by atoms with Gasteiger partial charge in [-0.2, -0.15) is 11.8 Å². The lowest BCUT2D eigenvalue weighted by Crippen LogP contribution is -2.27. The summed E-state index contributed by atoms with van der Waals surface area (Å²) in [6, 6.07) is 6.43. The van der Waals surface area contributed by atoms with Gasteiger partial charge in [-0.25, -0.2) is 0 Å². The Balaban J connectivity index is 1.72. The summed E-state index contributed by atoms with van der Waals surface area (Å²) in [5.41, 5.74) is 2.83. The maximum absolute atomic E-state index is 5.97. The Labute approximate surface area is 101 Å². The number of hydrogen-bond acceptors (Lipinski definition) is 3. The molecule has 0 spiro atoms. The Morgan fingerprint density at radius 1 is 1.38 bits per heavy atom. The lowest BCUT2D eigenvalue weighted by molar-refractivity contribution is 0.266. The molecule has 1 aromatic rings. The van der Waals surface area contributed by atoms with Crippen molar-refractivity contribution >= 4 is 11.8 Å². The number of benzene rings is 1. The third-order valence-corrected chi connectivity index (χ3v) is 4.69. The normalized spacial score (nSPS) is 20.0. The van der Waals surface area contributed by atoms with Gasteiger partial charge in [0.25, 0.3) is 0 Å². The van der Waals surface area contributed by atoms with Crippen molar-refractivity contribution < 1.29 is 4.74 Å². The highest BCUT2D eigenvalue weighted by Gasteiger charge is 2.20. The second kappa shape index (κ2) is 4.68. The Hall–Kier alpha value is -0.670. The zero-order valence-corrected chi connectivity index (χ0v) is 10.2. The Morgan fingerprint density at radius 3 is 3.12 bits per heavy atom. The van der Waals surface area contributed by atoms with Gasteiger partial charge >= 0.3 is 0 Å². The van der Waals surface area contributed by atoms with Gasteiger partial charge < -0.3 is 10.1 Å². The molecule has 0 radical (unpaired) electrons. The van der Waals surface area contributed by atoms with E-state index in [0.29, 0.717) is 0 Å². The molecule has 1 fully saturated rings. The molecule has 0 saturated carbocycles. The van der Waals surface area contributed by atoms with Gasteiger partial charge in [0.05, 0.1) is 6.61 Å². The zero-order chi connectivity index (χ0) is 10.8. The number of hydrogen-bond donors (Lipinski definition) is 1. The van der Waals surface area contributed by atoms with Crippen LogP contribution in [-0.4, -0.2) is 24.7 Å². The first-order chi connectivity index (χ1) is 7.93. The van der Waals surface area contributed by atoms with Gasteiger partial charge in [0.15, 0.2) is 0 Å². The summed E-state index contributed by atoms with van der Waals surface area (Å²) in [5, 5.41) is 3.40. The first-order valence-corrected chi connectivity index (χ1v) is 7.11. The molecule has 0 aliphatic carbocycles. The van der Waals surface area contributed by atoms with Gasteiger partial charge in [0.1, 0.15) is 5.75 Å². The standard InChI is InChI=1S/C13H17NOS/c1-2-11-6-14-5-4-12(11)13(3-1)15-7-10-8-16-9-10/h1-3,10,14H,4-9H2. The van der Waals surface area contributed by atoms with E-state index in [1.165, 1.54) is 22.6 Å². The first kappa shape index (κ1) is 10.5. The maximum atomic E-state index is 5.97. The second-order valence-electron chi connectivity index (χ2n) is 4.54. The van der Waals surface area contributed by atoms with Crippen LogP contribution < -0.4 is 10.1 Å². The summed E-state index contributed by atoms with van der Waals surface area (Å²) in [6.45, 7) is 2.97. The topological polar surface area (TPSA) is 21.3 Å². The van der Waals surface area contributed by atoms with E-state index in [2.05, 4.69) is 23.5 Å². The smallest absolute Gasteiger partial charge is 0.122 e. The van der Waals surface area contributed by atoms with E-state index in [4.69, 9.17) is 4.74 Å². The van der Waals surface area contributed by atoms with Crippen molar-refractivity contribution in [1.82, 2.24) is 5.32 Å². The second-order valence-corrected chi connectivity index (χ2v) is 5.61. The number of fused-ring (bicyclic) bond motifs is 1. The fourth-order valence-corrected chi connectivity index (χ4v) is 2.98. The first-order valence-electron chi connectivity index (χ1n) is 5.95. The molecule has 3 rings (SSSR count). The lowest BCUT2D eigenvalue weighted by atomic mass is 10.00. The van der Waals surface area contributed by atoms with Crippen molar-refractivity contribution in [1.29, 1.82) is 0 Å². The Morgan fingerprint density at radius 2 is 2.31 bits per heavy atom. The quantitative estimate of drug-likeness (QED) is 0.866. The van der Waals surface area contributed by atoms with E-state index in [1.807, 2.05) is 11.8 Å². The number of nitrogens with one attached hydrogen (secondary N) is 1. The summed E-state index contributed by atoms with van der Waals surface area (Å²) < 4.78 is 5.97. The maximum Gasteiger partial charge on any atom is 0.122 e. The molecule has 1 aromatic carbocycles. The van der Waals surface area contributed by atoms with E-state index in [0.717, 1.165) is 37.8 Å². The SMILES string of the molecule is c1cc2c(c(OCC3CSC3)c1)CCNC2. The molecule has 16 heavy (non-hydrogen) atoms. The highest BCUT2D eigenvalue weighted by Crippen LogP contribution is 2.28. The molecule has 0 unspecified atom stereocenters. The Bertz CT molecular complexity index is 376. The molecule has 0 amide bonds. The van der Waals surface area contributed by atoms with Gasteiger partial charge in [-0.1, -0.05) is 12.1 Å². The van der Waals surface area contributed by atoms with Crippen LogP contribution in [0.25, 0.3) is 0 Å². The predicted octanol–water partition coefficient (Wildman–Crippen LogP) is 2.07. The molecule has 0 atom stereocenters. The zero-order valence-electron chi connectivity index (χ0n) is 9.37. The largest absolute Gasteiger partial charge is 0.493 e. The number of ether oxygens (including phenoxy) is 1. The highest BCUT2D eigenvalue weighted by molar-refractivity contribution is 8.00. The highest BCUT2D eigenvalue weighted by atomic mass is 32.2. The van der Waals surface area contributed by atoms with Crippen molar-refractivity contribution in [2.24, 2.45) is 5.92 Å². The van der Waals surface area contributed by atoms with E-state index in [1.54, 1.807) is 0 Å². The van der Waals surface area contributed by atoms with Crippen LogP contribution in [0.2, 0.25) is 0 Å². The van der Waals surface area contributed by atoms with Gasteiger partial charge in [0, 0.05) is 24.0 Å². The van der Waals surface area contributed by atoms with Gasteiger partial charge in [-0.15, -0.1) is 0 Å². The molecule has 1 N–H and O–H groups in total. The molecule has 2 heterocycles. The molecule has 2 nitrogen and oxygen atoms in total. The van der Waals surface area contributed by atoms with Crippen LogP contribution in [-0.2, 0) is 13.0 Å². The van der Waals surface area contributed by atoms with Crippen LogP contribution in [0, 0.1) is 5.92 Å². The van der Waals surface area contributed by atoms with Crippen molar-refractivity contribution in [3.63, 3.8) is 0 Å². The molecular formula is C13H17NOS. The van der Waals surface area contributed by atoms with E-state index in [-0.39, 0.29) is 0 Å². The molecule has 2 aliphatic rings. The minimum Gasteiger partial charge on any atom is -0.493 e. The molecule has 0 bridgehead atoms. The third-order valence-electron chi connectivity index (χ3n) is 3.28. The van der Waals surface area contributed by atoms with Gasteiger partial charge in [-0.3, -0.25) is 0 Å². The molecule has 86 valence electrons. The summed E-state index contributed by atoms with van der Waals surface area (Å²) in [6.07, 6.45) is 1.10. The van der Waals surface area contributed by atoms with Crippen molar-refractivity contribution in [2.75, 3.05) is 24.7 Å². The van der Waals surface area contributed by atoms with Crippen molar-refractivity contribution in [3.05, 3.63) is 29.3 Å². The van der Waals surface area contributed by atoms with Crippen molar-refractivity contribution in [3.8, 4) is 5.75 Å². The summed E-state index contributed by atoms with van der Waals surface area (Å²) in [4.78, 5) is 0. The summed E-state index contributed by atoms with van der Waals surface area (Å²) in [7, 11) is 0. The fourth-order valence-electron chi connectivity index (χ4n) is 2.22. The van der Waals surface area contributed by atoms with E-state index in [9.17, 15) is 0 Å².